The van der Waals surface area contributed by atoms with E-state index >= 15 is 0 Å². The highest BCUT2D eigenvalue weighted by Crippen LogP contribution is 2.32. The number of carbonyl (C=O) groups is 1. The number of fused-ring (bicyclic) bond motifs is 1. The summed E-state index contributed by atoms with van der Waals surface area (Å²) >= 11 is 1.27. The Morgan fingerprint density at radius 2 is 2.00 bits per heavy atom. The maximum absolute atomic E-state index is 12.7. The van der Waals surface area contributed by atoms with Gasteiger partial charge in [0, 0.05) is 25.2 Å². The highest BCUT2D eigenvalue weighted by molar-refractivity contribution is 8.00. The number of aromatic nitrogens is 3. The minimum absolute atomic E-state index is 0.322. The lowest BCUT2D eigenvalue weighted by molar-refractivity contribution is -0.139. The number of hydrogen-bond acceptors (Lipinski definition) is 6. The highest BCUT2D eigenvalue weighted by atomic mass is 32.2. The topological polar surface area (TPSA) is 83.2 Å². The molecule has 0 aliphatic carbocycles. The molecule has 0 aromatic carbocycles. The lowest BCUT2D eigenvalue weighted by Crippen LogP contribution is -2.37. The Balaban J connectivity index is 2.82. The number of nitrogens with zero attached hydrogens (tertiary/aromatic N) is 3. The van der Waals surface area contributed by atoms with Crippen LogP contribution in [0.1, 0.15) is 25.8 Å². The van der Waals surface area contributed by atoms with Crippen LogP contribution in [0.2, 0.25) is 0 Å². The predicted octanol–water partition coefficient (Wildman–Crippen LogP) is 1.24. The van der Waals surface area contributed by atoms with E-state index in [1.807, 2.05) is 6.92 Å². The van der Waals surface area contributed by atoms with Crippen molar-refractivity contribution in [2.75, 3.05) is 7.11 Å². The van der Waals surface area contributed by atoms with Crippen molar-refractivity contribution in [2.45, 2.75) is 36.8 Å². The van der Waals surface area contributed by atoms with Crippen LogP contribution < -0.4 is 11.2 Å². The van der Waals surface area contributed by atoms with Gasteiger partial charge in [-0.3, -0.25) is 18.7 Å². The van der Waals surface area contributed by atoms with Crippen molar-refractivity contribution >= 4 is 28.8 Å². The Hall–Kier alpha value is -2.09. The molecule has 24 heavy (non-hydrogen) atoms. The van der Waals surface area contributed by atoms with Crippen LogP contribution >= 0.6 is 11.8 Å². The zero-order chi connectivity index (χ0) is 18.0. The molecule has 0 amide bonds. The van der Waals surface area contributed by atoms with Crippen LogP contribution in [0, 0.1) is 0 Å². The first-order valence-electron chi connectivity index (χ1n) is 7.65. The number of esters is 1. The van der Waals surface area contributed by atoms with E-state index in [9.17, 15) is 14.4 Å². The summed E-state index contributed by atoms with van der Waals surface area (Å²) in [6.45, 7) is 3.76. The molecule has 0 saturated heterocycles. The molecule has 0 aliphatic heterocycles. The highest BCUT2D eigenvalue weighted by Gasteiger charge is 2.22. The van der Waals surface area contributed by atoms with Gasteiger partial charge in [0.1, 0.15) is 10.9 Å². The van der Waals surface area contributed by atoms with E-state index in [0.717, 1.165) is 23.0 Å². The number of ether oxygens (including phenoxy) is 1. The van der Waals surface area contributed by atoms with Gasteiger partial charge in [0.05, 0.1) is 12.5 Å². The maximum Gasteiger partial charge on any atom is 0.332 e. The molecule has 0 radical (unpaired) electrons. The quantitative estimate of drug-likeness (QED) is 0.595. The molecule has 0 N–H and O–H groups in total. The molecule has 8 heteroatoms. The van der Waals surface area contributed by atoms with E-state index in [1.54, 1.807) is 20.2 Å². The molecular formula is C16H21N3O4S. The second-order valence-corrected chi connectivity index (χ2v) is 6.90. The Morgan fingerprint density at radius 1 is 1.33 bits per heavy atom. The number of hydrogen-bond donors (Lipinski definition) is 0. The molecule has 2 aromatic rings. The van der Waals surface area contributed by atoms with E-state index in [0.29, 0.717) is 15.9 Å². The summed E-state index contributed by atoms with van der Waals surface area (Å²) in [5.41, 5.74) is 0.377. The largest absolute Gasteiger partial charge is 0.468 e. The third kappa shape index (κ3) is 3.10. The molecule has 7 nitrogen and oxygen atoms in total. The van der Waals surface area contributed by atoms with E-state index in [1.165, 1.54) is 30.5 Å². The zero-order valence-corrected chi connectivity index (χ0v) is 15.3. The van der Waals surface area contributed by atoms with Gasteiger partial charge in [-0.2, -0.15) is 0 Å². The Labute approximate surface area is 143 Å². The summed E-state index contributed by atoms with van der Waals surface area (Å²) in [6, 6.07) is 0. The monoisotopic (exact) mass is 351 g/mol. The van der Waals surface area contributed by atoms with Gasteiger partial charge in [-0.15, -0.1) is 11.8 Å². The van der Waals surface area contributed by atoms with E-state index in [2.05, 4.69) is 4.98 Å². The first kappa shape index (κ1) is 18.3. The number of pyridine rings is 1. The number of carbonyl (C=O) groups excluding carboxylic acids is 1. The van der Waals surface area contributed by atoms with Crippen LogP contribution in [-0.4, -0.2) is 32.4 Å². The Morgan fingerprint density at radius 3 is 2.58 bits per heavy atom. The smallest absolute Gasteiger partial charge is 0.332 e. The second kappa shape index (κ2) is 7.21. The van der Waals surface area contributed by atoms with E-state index < -0.39 is 16.5 Å². The summed E-state index contributed by atoms with van der Waals surface area (Å²) < 4.78 is 7.19. The molecule has 1 atom stereocenters. The zero-order valence-electron chi connectivity index (χ0n) is 14.5. The molecule has 2 aromatic heterocycles. The van der Waals surface area contributed by atoms with Gasteiger partial charge in [-0.05, 0) is 18.9 Å². The third-order valence-electron chi connectivity index (χ3n) is 3.84. The summed E-state index contributed by atoms with van der Waals surface area (Å²) in [5.74, 6) is -0.367. The normalized spacial score (nSPS) is 12.4. The van der Waals surface area contributed by atoms with Crippen LogP contribution in [0.25, 0.3) is 11.0 Å². The molecule has 0 fully saturated rings. The average Bonchev–Trinajstić information content (AvgIpc) is 2.58. The van der Waals surface area contributed by atoms with Gasteiger partial charge in [0.2, 0.25) is 0 Å². The van der Waals surface area contributed by atoms with Crippen LogP contribution in [-0.2, 0) is 30.0 Å². The van der Waals surface area contributed by atoms with Gasteiger partial charge in [-0.1, -0.05) is 13.3 Å². The standard InChI is InChI=1S/C16H21N3O4S/c1-6-7-10-8-17-13-11(12(10)24-9(2)15(21)23-5)14(20)19(4)16(22)18(13)3/h8-9H,6-7H2,1-5H3/t9-/m1/s1. The number of thioether (sulfide) groups is 1. The molecule has 2 rings (SSSR count). The number of methoxy groups -OCH3 is 1. The summed E-state index contributed by atoms with van der Waals surface area (Å²) in [5, 5.41) is -0.107. The van der Waals surface area contributed by atoms with Gasteiger partial charge in [0.15, 0.2) is 0 Å². The fraction of sp³-hybridized carbons (Fsp3) is 0.500. The van der Waals surface area contributed by atoms with Crippen LogP contribution in [0.4, 0.5) is 0 Å². The SMILES string of the molecule is CCCc1cnc2c(c1S[C@H](C)C(=O)OC)c(=O)n(C)c(=O)n2C. The Kier molecular flexibility index (Phi) is 5.48. The first-order chi connectivity index (χ1) is 11.3. The molecule has 0 bridgehead atoms. The average molecular weight is 351 g/mol. The van der Waals surface area contributed by atoms with Gasteiger partial charge < -0.3 is 4.74 Å². The lowest BCUT2D eigenvalue weighted by Gasteiger charge is -2.16. The van der Waals surface area contributed by atoms with Gasteiger partial charge in [-0.25, -0.2) is 9.78 Å². The Bertz CT molecular complexity index is 901. The van der Waals surface area contributed by atoms with Gasteiger partial charge >= 0.3 is 11.7 Å². The molecule has 0 saturated carbocycles. The molecule has 0 spiro atoms. The summed E-state index contributed by atoms with van der Waals surface area (Å²) in [4.78, 5) is 41.6. The fourth-order valence-corrected chi connectivity index (χ4v) is 3.66. The minimum atomic E-state index is -0.474. The molecule has 0 aliphatic rings. The predicted molar refractivity (Wildman–Crippen MR) is 93.6 cm³/mol. The maximum atomic E-state index is 12.7. The van der Waals surface area contributed by atoms with E-state index in [4.69, 9.17) is 4.74 Å². The number of aryl methyl sites for hydroxylation is 2. The van der Waals surface area contributed by atoms with Crippen molar-refractivity contribution in [3.8, 4) is 0 Å². The second-order valence-electron chi connectivity index (χ2n) is 5.55. The van der Waals surface area contributed by atoms with Crippen molar-refractivity contribution in [3.63, 3.8) is 0 Å². The van der Waals surface area contributed by atoms with Crippen molar-refractivity contribution in [1.29, 1.82) is 0 Å². The van der Waals surface area contributed by atoms with Crippen LogP contribution in [0.15, 0.2) is 20.7 Å². The minimum Gasteiger partial charge on any atom is -0.468 e. The van der Waals surface area contributed by atoms with Crippen molar-refractivity contribution in [3.05, 3.63) is 32.6 Å². The lowest BCUT2D eigenvalue weighted by atomic mass is 10.1. The summed E-state index contributed by atoms with van der Waals surface area (Å²) in [7, 11) is 4.35. The number of rotatable bonds is 5. The van der Waals surface area contributed by atoms with Gasteiger partial charge in [0.25, 0.3) is 5.56 Å². The fourth-order valence-electron chi connectivity index (χ4n) is 2.51. The molecule has 0 unspecified atom stereocenters. The van der Waals surface area contributed by atoms with Crippen molar-refractivity contribution in [2.24, 2.45) is 14.1 Å². The van der Waals surface area contributed by atoms with E-state index in [-0.39, 0.29) is 5.97 Å². The molecule has 130 valence electrons. The van der Waals surface area contributed by atoms with Crippen LogP contribution in [0.3, 0.4) is 0 Å². The van der Waals surface area contributed by atoms with Crippen molar-refractivity contribution < 1.29 is 9.53 Å². The summed E-state index contributed by atoms with van der Waals surface area (Å²) in [6.07, 6.45) is 3.28. The molecule has 2 heterocycles. The first-order valence-corrected chi connectivity index (χ1v) is 8.53. The van der Waals surface area contributed by atoms with Crippen molar-refractivity contribution in [1.82, 2.24) is 14.1 Å². The third-order valence-corrected chi connectivity index (χ3v) is 5.09. The molecular weight excluding hydrogens is 330 g/mol. The van der Waals surface area contributed by atoms with Crippen LogP contribution in [0.5, 0.6) is 0 Å².